The Kier molecular flexibility index (Phi) is 3.58. The molecule has 1 atom stereocenters. The Morgan fingerprint density at radius 2 is 2.25 bits per heavy atom. The smallest absolute Gasteiger partial charge is 0.246 e. The molecule has 1 aromatic heterocycles. The van der Waals surface area contributed by atoms with Crippen LogP contribution >= 0.6 is 0 Å². The molecule has 0 fully saturated rings. The molecule has 1 aliphatic rings. The molecule has 1 aromatic carbocycles. The van der Waals surface area contributed by atoms with E-state index < -0.39 is 0 Å². The normalized spacial score (nSPS) is 17.7. The molecular weight excluding hydrogens is 252 g/mol. The minimum Gasteiger partial charge on any atom is -0.381 e. The summed E-state index contributed by atoms with van der Waals surface area (Å²) < 4.78 is 5.36. The van der Waals surface area contributed by atoms with Crippen molar-refractivity contribution in [3.05, 3.63) is 36.0 Å². The highest BCUT2D eigenvalue weighted by Crippen LogP contribution is 2.31. The average Bonchev–Trinajstić information content (AvgIpc) is 2.90. The van der Waals surface area contributed by atoms with Gasteiger partial charge in [-0.2, -0.15) is 4.98 Å². The van der Waals surface area contributed by atoms with E-state index in [4.69, 9.17) is 4.52 Å². The summed E-state index contributed by atoms with van der Waals surface area (Å²) in [6.07, 6.45) is 1.91. The van der Waals surface area contributed by atoms with Gasteiger partial charge >= 0.3 is 0 Å². The van der Waals surface area contributed by atoms with Crippen LogP contribution in [-0.2, 0) is 13.0 Å². The predicted octanol–water partition coefficient (Wildman–Crippen LogP) is 2.84. The second-order valence-corrected chi connectivity index (χ2v) is 5.23. The number of anilines is 2. The number of aryl methyl sites for hydroxylation is 1. The number of hydrogen-bond donors (Lipinski definition) is 1. The van der Waals surface area contributed by atoms with Gasteiger partial charge in [-0.3, -0.25) is 0 Å². The van der Waals surface area contributed by atoms with Crippen LogP contribution in [0.1, 0.15) is 32.0 Å². The maximum absolute atomic E-state index is 5.36. The summed E-state index contributed by atoms with van der Waals surface area (Å²) in [5.74, 6) is 1.50. The highest BCUT2D eigenvalue weighted by atomic mass is 16.5. The molecule has 1 aliphatic heterocycles. The minimum absolute atomic E-state index is 0.395. The van der Waals surface area contributed by atoms with Crippen molar-refractivity contribution in [2.24, 2.45) is 0 Å². The van der Waals surface area contributed by atoms with E-state index >= 15 is 0 Å². The molecule has 3 rings (SSSR count). The molecule has 1 N–H and O–H groups in total. The summed E-state index contributed by atoms with van der Waals surface area (Å²) in [5.41, 5.74) is 2.36. The van der Waals surface area contributed by atoms with Gasteiger partial charge in [0.1, 0.15) is 0 Å². The van der Waals surface area contributed by atoms with Gasteiger partial charge in [0.15, 0.2) is 5.82 Å². The lowest BCUT2D eigenvalue weighted by Crippen LogP contribution is -2.41. The molecule has 5 heteroatoms. The Morgan fingerprint density at radius 3 is 3.10 bits per heavy atom. The fourth-order valence-electron chi connectivity index (χ4n) is 2.55. The lowest BCUT2D eigenvalue weighted by Gasteiger charge is -2.36. The number of aromatic nitrogens is 2. The first-order valence-corrected chi connectivity index (χ1v) is 7.19. The molecule has 0 saturated carbocycles. The van der Waals surface area contributed by atoms with Crippen molar-refractivity contribution in [1.29, 1.82) is 0 Å². The van der Waals surface area contributed by atoms with Crippen LogP contribution in [0.25, 0.3) is 0 Å². The van der Waals surface area contributed by atoms with Crippen molar-refractivity contribution in [3.63, 3.8) is 0 Å². The summed E-state index contributed by atoms with van der Waals surface area (Å²) in [5, 5.41) is 7.47. The molecule has 0 saturated heterocycles. The molecular formula is C15H20N4O. The molecule has 2 aromatic rings. The number of rotatable bonds is 4. The molecule has 0 radical (unpaired) electrons. The Balaban J connectivity index is 1.82. The Morgan fingerprint density at radius 1 is 1.40 bits per heavy atom. The Bertz CT molecular complexity index is 581. The van der Waals surface area contributed by atoms with Gasteiger partial charge in [0.2, 0.25) is 5.89 Å². The predicted molar refractivity (Wildman–Crippen MR) is 78.9 cm³/mol. The van der Waals surface area contributed by atoms with Crippen LogP contribution in [-0.4, -0.2) is 22.7 Å². The lowest BCUT2D eigenvalue weighted by molar-refractivity contribution is 0.367. The number of nitrogens with zero attached hydrogens (tertiary/aromatic N) is 3. The molecule has 0 amide bonds. The fourth-order valence-corrected chi connectivity index (χ4v) is 2.55. The van der Waals surface area contributed by atoms with E-state index in [1.165, 1.54) is 11.4 Å². The van der Waals surface area contributed by atoms with Crippen LogP contribution < -0.4 is 10.2 Å². The topological polar surface area (TPSA) is 54.2 Å². The van der Waals surface area contributed by atoms with Gasteiger partial charge in [0.25, 0.3) is 0 Å². The van der Waals surface area contributed by atoms with Crippen LogP contribution in [0, 0.1) is 0 Å². The van der Waals surface area contributed by atoms with Gasteiger partial charge in [0.05, 0.1) is 17.9 Å². The average molecular weight is 272 g/mol. The van der Waals surface area contributed by atoms with E-state index in [-0.39, 0.29) is 0 Å². The summed E-state index contributed by atoms with van der Waals surface area (Å²) in [6, 6.07) is 8.73. The van der Waals surface area contributed by atoms with Gasteiger partial charge in [-0.15, -0.1) is 0 Å². The SMILES string of the molecule is CCCc1noc(CN2c3ccccc3NCC2C)n1. The molecule has 1 unspecified atom stereocenters. The first-order valence-electron chi connectivity index (χ1n) is 7.19. The number of benzene rings is 1. The Hall–Kier alpha value is -2.04. The monoisotopic (exact) mass is 272 g/mol. The molecule has 0 bridgehead atoms. The zero-order valence-corrected chi connectivity index (χ0v) is 12.0. The van der Waals surface area contributed by atoms with Crippen molar-refractivity contribution in [2.75, 3.05) is 16.8 Å². The summed E-state index contributed by atoms with van der Waals surface area (Å²) in [7, 11) is 0. The Labute approximate surface area is 119 Å². The largest absolute Gasteiger partial charge is 0.381 e. The van der Waals surface area contributed by atoms with Crippen molar-refractivity contribution in [2.45, 2.75) is 39.3 Å². The standard InChI is InChI=1S/C15H20N4O/c1-3-6-14-17-15(20-18-14)10-19-11(2)9-16-12-7-4-5-8-13(12)19/h4-5,7-8,11,16H,3,6,9-10H2,1-2H3. The second kappa shape index (κ2) is 5.53. The third kappa shape index (κ3) is 2.48. The van der Waals surface area contributed by atoms with Crippen molar-refractivity contribution in [1.82, 2.24) is 10.1 Å². The second-order valence-electron chi connectivity index (χ2n) is 5.23. The van der Waals surface area contributed by atoms with E-state index in [9.17, 15) is 0 Å². The number of nitrogens with one attached hydrogen (secondary N) is 1. The van der Waals surface area contributed by atoms with Crippen LogP contribution in [0.15, 0.2) is 28.8 Å². The molecule has 106 valence electrons. The van der Waals surface area contributed by atoms with Crippen LogP contribution in [0.4, 0.5) is 11.4 Å². The van der Waals surface area contributed by atoms with Gasteiger partial charge in [0, 0.05) is 19.0 Å². The highest BCUT2D eigenvalue weighted by molar-refractivity contribution is 5.72. The summed E-state index contributed by atoms with van der Waals surface area (Å²) in [4.78, 5) is 6.78. The molecule has 20 heavy (non-hydrogen) atoms. The zero-order valence-electron chi connectivity index (χ0n) is 12.0. The van der Waals surface area contributed by atoms with Crippen LogP contribution in [0.3, 0.4) is 0 Å². The van der Waals surface area contributed by atoms with E-state index in [0.29, 0.717) is 18.5 Å². The van der Waals surface area contributed by atoms with Crippen LogP contribution in [0.2, 0.25) is 0 Å². The number of para-hydroxylation sites is 2. The maximum atomic E-state index is 5.36. The third-order valence-corrected chi connectivity index (χ3v) is 3.62. The van der Waals surface area contributed by atoms with Gasteiger partial charge < -0.3 is 14.7 Å². The summed E-state index contributed by atoms with van der Waals surface area (Å²) >= 11 is 0. The fraction of sp³-hybridized carbons (Fsp3) is 0.467. The maximum Gasteiger partial charge on any atom is 0.246 e. The zero-order chi connectivity index (χ0) is 13.9. The number of hydrogen-bond acceptors (Lipinski definition) is 5. The van der Waals surface area contributed by atoms with Gasteiger partial charge in [-0.25, -0.2) is 0 Å². The molecule has 0 spiro atoms. The van der Waals surface area contributed by atoms with Crippen molar-refractivity contribution < 1.29 is 4.52 Å². The van der Waals surface area contributed by atoms with E-state index in [2.05, 4.69) is 52.4 Å². The van der Waals surface area contributed by atoms with Gasteiger partial charge in [-0.1, -0.05) is 24.2 Å². The van der Waals surface area contributed by atoms with Crippen LogP contribution in [0.5, 0.6) is 0 Å². The molecule has 0 aliphatic carbocycles. The van der Waals surface area contributed by atoms with Crippen molar-refractivity contribution >= 4 is 11.4 Å². The summed E-state index contributed by atoms with van der Waals surface area (Å²) in [6.45, 7) is 5.90. The van der Waals surface area contributed by atoms with Gasteiger partial charge in [-0.05, 0) is 25.5 Å². The molecule has 2 heterocycles. The van der Waals surface area contributed by atoms with E-state index in [1.54, 1.807) is 0 Å². The van der Waals surface area contributed by atoms with E-state index in [0.717, 1.165) is 25.2 Å². The van der Waals surface area contributed by atoms with Crippen molar-refractivity contribution in [3.8, 4) is 0 Å². The molecule has 5 nitrogen and oxygen atoms in total. The lowest BCUT2D eigenvalue weighted by atomic mass is 10.1. The third-order valence-electron chi connectivity index (χ3n) is 3.62. The number of fused-ring (bicyclic) bond motifs is 1. The minimum atomic E-state index is 0.395. The van der Waals surface area contributed by atoms with E-state index in [1.807, 2.05) is 6.07 Å². The highest BCUT2D eigenvalue weighted by Gasteiger charge is 2.24. The first kappa shape index (κ1) is 13.0. The first-order chi connectivity index (χ1) is 9.78. The quantitative estimate of drug-likeness (QED) is 0.927.